The molecule has 3 heterocycles. The van der Waals surface area contributed by atoms with Gasteiger partial charge < -0.3 is 20.7 Å². The van der Waals surface area contributed by atoms with Crippen molar-refractivity contribution < 1.29 is 14.9 Å². The molecule has 0 amide bonds. The highest BCUT2D eigenvalue weighted by molar-refractivity contribution is 6.28. The molecular weight excluding hydrogens is 290 g/mol. The number of aliphatic hydroxyl groups excluding tert-OH is 2. The van der Waals surface area contributed by atoms with Crippen molar-refractivity contribution in [1.82, 2.24) is 19.5 Å². The predicted molar refractivity (Wildman–Crippen MR) is 68.1 cm³/mol. The monoisotopic (exact) mass is 301 g/mol. The molecule has 0 aromatic carbocycles. The van der Waals surface area contributed by atoms with E-state index in [1.807, 2.05) is 0 Å². The van der Waals surface area contributed by atoms with Crippen molar-refractivity contribution in [1.29, 1.82) is 0 Å². The number of hydrogen-bond donors (Lipinski definition) is 4. The quantitative estimate of drug-likeness (QED) is 0.487. The Morgan fingerprint density at radius 1 is 1.60 bits per heavy atom. The number of halogens is 1. The van der Waals surface area contributed by atoms with Crippen LogP contribution in [0.3, 0.4) is 0 Å². The highest BCUT2D eigenvalue weighted by atomic mass is 35.5. The molecule has 0 bridgehead atoms. The summed E-state index contributed by atoms with van der Waals surface area (Å²) in [5.74, 6) is 0. The van der Waals surface area contributed by atoms with E-state index in [1.54, 1.807) is 0 Å². The van der Waals surface area contributed by atoms with Crippen LogP contribution in [0.4, 0.5) is 0 Å². The number of fused-ring (bicyclic) bond motifs is 1. The fourth-order valence-electron chi connectivity index (χ4n) is 2.25. The molecule has 3 rings (SSSR count). The lowest BCUT2D eigenvalue weighted by atomic mass is 10.1. The standard InChI is InChI=1S/C10H12ClN5O4/c11-10-14-7-5(8(19)15-10)13-2-16(7)9-4(12)6(18)3(1-17)20-9/h2-4,6,9,17-18H,1,12H2,(H,14,15,19)/t3-,4-,6-,9-/m1/s1. The zero-order valence-corrected chi connectivity index (χ0v) is 10.9. The maximum atomic E-state index is 11.7. The normalized spacial score (nSPS) is 30.2. The summed E-state index contributed by atoms with van der Waals surface area (Å²) in [6.07, 6.45) is -1.29. The summed E-state index contributed by atoms with van der Waals surface area (Å²) in [6, 6.07) is -0.788. The van der Waals surface area contributed by atoms with Crippen molar-refractivity contribution in [3.8, 4) is 0 Å². The molecule has 1 saturated heterocycles. The second-order valence-electron chi connectivity index (χ2n) is 4.50. The summed E-state index contributed by atoms with van der Waals surface area (Å²) in [4.78, 5) is 21.9. The molecule has 4 atom stereocenters. The molecule has 2 aromatic rings. The number of aromatic nitrogens is 4. The van der Waals surface area contributed by atoms with Gasteiger partial charge in [0.05, 0.1) is 19.0 Å². The molecule has 5 N–H and O–H groups in total. The van der Waals surface area contributed by atoms with E-state index in [-0.39, 0.29) is 23.1 Å². The largest absolute Gasteiger partial charge is 0.394 e. The van der Waals surface area contributed by atoms with Crippen LogP contribution in [-0.2, 0) is 4.74 Å². The molecule has 1 aliphatic heterocycles. The van der Waals surface area contributed by atoms with Gasteiger partial charge in [-0.3, -0.25) is 14.3 Å². The molecule has 0 unspecified atom stereocenters. The average Bonchev–Trinajstić information content (AvgIpc) is 2.93. The number of H-pyrrole nitrogens is 1. The topological polar surface area (TPSA) is 139 Å². The van der Waals surface area contributed by atoms with E-state index in [1.165, 1.54) is 10.9 Å². The summed E-state index contributed by atoms with van der Waals surface area (Å²) in [7, 11) is 0. The molecule has 108 valence electrons. The molecule has 0 radical (unpaired) electrons. The average molecular weight is 302 g/mol. The van der Waals surface area contributed by atoms with E-state index in [9.17, 15) is 9.90 Å². The predicted octanol–water partition coefficient (Wildman–Crippen LogP) is -1.65. The Kier molecular flexibility index (Phi) is 3.22. The van der Waals surface area contributed by atoms with Gasteiger partial charge in [-0.1, -0.05) is 0 Å². The minimum absolute atomic E-state index is 0.0879. The van der Waals surface area contributed by atoms with Crippen LogP contribution in [0.1, 0.15) is 6.23 Å². The maximum absolute atomic E-state index is 11.7. The van der Waals surface area contributed by atoms with E-state index >= 15 is 0 Å². The van der Waals surface area contributed by atoms with Gasteiger partial charge in [0.15, 0.2) is 17.4 Å². The molecule has 0 aliphatic carbocycles. The van der Waals surface area contributed by atoms with Crippen molar-refractivity contribution in [3.63, 3.8) is 0 Å². The number of rotatable bonds is 2. The molecule has 20 heavy (non-hydrogen) atoms. The lowest BCUT2D eigenvalue weighted by Gasteiger charge is -2.17. The third-order valence-corrected chi connectivity index (χ3v) is 3.46. The minimum atomic E-state index is -1.03. The first-order chi connectivity index (χ1) is 9.52. The van der Waals surface area contributed by atoms with E-state index in [2.05, 4.69) is 15.0 Å². The van der Waals surface area contributed by atoms with Crippen LogP contribution >= 0.6 is 11.6 Å². The molecule has 1 fully saturated rings. The SMILES string of the molecule is N[C@@H]1[C@H](O)[C@@H](CO)O[C@H]1n1cnc2c(=O)[nH]c(Cl)nc21. The highest BCUT2D eigenvalue weighted by Crippen LogP contribution is 2.29. The lowest BCUT2D eigenvalue weighted by molar-refractivity contribution is -0.0437. The summed E-state index contributed by atoms with van der Waals surface area (Å²) in [5, 5.41) is 18.9. The molecule has 9 nitrogen and oxygen atoms in total. The number of nitrogens with zero attached hydrogens (tertiary/aromatic N) is 3. The third-order valence-electron chi connectivity index (χ3n) is 3.28. The van der Waals surface area contributed by atoms with Gasteiger partial charge in [0.25, 0.3) is 5.56 Å². The van der Waals surface area contributed by atoms with Crippen molar-refractivity contribution in [2.75, 3.05) is 6.61 Å². The van der Waals surface area contributed by atoms with E-state index < -0.39 is 30.0 Å². The van der Waals surface area contributed by atoms with Gasteiger partial charge in [-0.05, 0) is 11.6 Å². The zero-order chi connectivity index (χ0) is 14.4. The Morgan fingerprint density at radius 2 is 2.35 bits per heavy atom. The second kappa shape index (κ2) is 4.79. The minimum Gasteiger partial charge on any atom is -0.394 e. The van der Waals surface area contributed by atoms with Gasteiger partial charge in [-0.2, -0.15) is 4.98 Å². The summed E-state index contributed by atoms with van der Waals surface area (Å²) < 4.78 is 6.89. The molecule has 10 heteroatoms. The second-order valence-corrected chi connectivity index (χ2v) is 4.85. The van der Waals surface area contributed by atoms with E-state index in [4.69, 9.17) is 27.2 Å². The third kappa shape index (κ3) is 1.91. The molecular formula is C10H12ClN5O4. The molecule has 2 aromatic heterocycles. The van der Waals surface area contributed by atoms with Crippen molar-refractivity contribution >= 4 is 22.8 Å². The first kappa shape index (κ1) is 13.5. The number of aromatic amines is 1. The summed E-state index contributed by atoms with van der Waals surface area (Å²) in [5.41, 5.74) is 5.67. The number of hydrogen-bond acceptors (Lipinski definition) is 7. The zero-order valence-electron chi connectivity index (χ0n) is 10.1. The van der Waals surface area contributed by atoms with Gasteiger partial charge in [-0.25, -0.2) is 4.98 Å². The van der Waals surface area contributed by atoms with Crippen LogP contribution in [-0.4, -0.2) is 54.6 Å². The Bertz CT molecular complexity index is 701. The van der Waals surface area contributed by atoms with E-state index in [0.717, 1.165) is 0 Å². The van der Waals surface area contributed by atoms with Gasteiger partial charge >= 0.3 is 0 Å². The summed E-state index contributed by atoms with van der Waals surface area (Å²) >= 11 is 5.71. The van der Waals surface area contributed by atoms with Crippen LogP contribution in [0, 0.1) is 0 Å². The van der Waals surface area contributed by atoms with Crippen LogP contribution < -0.4 is 11.3 Å². The van der Waals surface area contributed by atoms with E-state index in [0.29, 0.717) is 0 Å². The Morgan fingerprint density at radius 3 is 3.00 bits per heavy atom. The first-order valence-corrected chi connectivity index (χ1v) is 6.23. The van der Waals surface area contributed by atoms with Crippen LogP contribution in [0.15, 0.2) is 11.1 Å². The number of ether oxygens (including phenoxy) is 1. The van der Waals surface area contributed by atoms with Gasteiger partial charge in [0.2, 0.25) is 5.28 Å². The highest BCUT2D eigenvalue weighted by Gasteiger charge is 2.42. The fourth-order valence-corrected chi connectivity index (χ4v) is 2.42. The number of nitrogens with two attached hydrogens (primary N) is 1. The first-order valence-electron chi connectivity index (χ1n) is 5.85. The molecule has 1 aliphatic rings. The Labute approximate surface area is 117 Å². The Balaban J connectivity index is 2.09. The van der Waals surface area contributed by atoms with Crippen LogP contribution in [0.5, 0.6) is 0 Å². The maximum Gasteiger partial charge on any atom is 0.280 e. The van der Waals surface area contributed by atoms with Gasteiger partial charge in [-0.15, -0.1) is 0 Å². The molecule has 0 spiro atoms. The smallest absolute Gasteiger partial charge is 0.280 e. The fraction of sp³-hybridized carbons (Fsp3) is 0.500. The van der Waals surface area contributed by atoms with Crippen molar-refractivity contribution in [3.05, 3.63) is 22.0 Å². The number of nitrogens with one attached hydrogen (secondary N) is 1. The van der Waals surface area contributed by atoms with Crippen molar-refractivity contribution in [2.45, 2.75) is 24.5 Å². The van der Waals surface area contributed by atoms with Gasteiger partial charge in [0, 0.05) is 0 Å². The Hall–Kier alpha value is -1.52. The van der Waals surface area contributed by atoms with Crippen molar-refractivity contribution in [2.24, 2.45) is 5.73 Å². The van der Waals surface area contributed by atoms with Gasteiger partial charge in [0.1, 0.15) is 12.2 Å². The molecule has 0 saturated carbocycles. The van der Waals surface area contributed by atoms with Crippen LogP contribution in [0.2, 0.25) is 5.28 Å². The number of aliphatic hydroxyl groups is 2. The lowest BCUT2D eigenvalue weighted by Crippen LogP contribution is -2.39. The summed E-state index contributed by atoms with van der Waals surface area (Å²) in [6.45, 7) is -0.368. The number of imidazole rings is 1. The van der Waals surface area contributed by atoms with Crippen LogP contribution in [0.25, 0.3) is 11.2 Å².